The van der Waals surface area contributed by atoms with Crippen molar-refractivity contribution in [3.05, 3.63) is 58.3 Å². The van der Waals surface area contributed by atoms with Gasteiger partial charge in [-0.2, -0.15) is 0 Å². The first-order valence-electron chi connectivity index (χ1n) is 5.32. The average molecular weight is 307 g/mol. The molecule has 1 heterocycles. The molecule has 0 saturated carbocycles. The Morgan fingerprint density at radius 3 is 2.94 bits per heavy atom. The Labute approximate surface area is 113 Å². The molecule has 5 heteroatoms. The minimum Gasteiger partial charge on any atom is -0.507 e. The zero-order chi connectivity index (χ0) is 13.0. The summed E-state index contributed by atoms with van der Waals surface area (Å²) in [4.78, 5) is 15.8. The van der Waals surface area contributed by atoms with Crippen LogP contribution in [0.3, 0.4) is 0 Å². The second-order valence-electron chi connectivity index (χ2n) is 3.71. The Bertz CT molecular complexity index is 558. The molecule has 0 bridgehead atoms. The molecule has 0 radical (unpaired) electrons. The summed E-state index contributed by atoms with van der Waals surface area (Å²) < 4.78 is 0.742. The third-order valence-corrected chi connectivity index (χ3v) is 2.87. The summed E-state index contributed by atoms with van der Waals surface area (Å²) in [6, 6.07) is 8.40. The van der Waals surface area contributed by atoms with E-state index in [4.69, 9.17) is 0 Å². The third kappa shape index (κ3) is 3.07. The minimum atomic E-state index is -0.322. The van der Waals surface area contributed by atoms with Crippen LogP contribution >= 0.6 is 15.9 Å². The van der Waals surface area contributed by atoms with Crippen molar-refractivity contribution in [2.24, 2.45) is 0 Å². The number of hydrogen-bond acceptors (Lipinski definition) is 3. The SMILES string of the molecule is O=C(NCc1cccnc1)c1cc(Br)ccc1O. The van der Waals surface area contributed by atoms with Crippen molar-refractivity contribution in [2.45, 2.75) is 6.54 Å². The topological polar surface area (TPSA) is 62.2 Å². The number of pyridine rings is 1. The number of nitrogens with one attached hydrogen (secondary N) is 1. The van der Waals surface area contributed by atoms with Crippen LogP contribution in [0.2, 0.25) is 0 Å². The molecule has 0 aliphatic heterocycles. The van der Waals surface area contributed by atoms with Crippen molar-refractivity contribution in [3.63, 3.8) is 0 Å². The maximum Gasteiger partial charge on any atom is 0.255 e. The summed E-state index contributed by atoms with van der Waals surface area (Å²) in [5.41, 5.74) is 1.15. The monoisotopic (exact) mass is 306 g/mol. The summed E-state index contributed by atoms with van der Waals surface area (Å²) in [6.07, 6.45) is 3.35. The van der Waals surface area contributed by atoms with Crippen molar-refractivity contribution in [2.75, 3.05) is 0 Å². The summed E-state index contributed by atoms with van der Waals surface area (Å²) in [7, 11) is 0. The van der Waals surface area contributed by atoms with Gasteiger partial charge in [-0.25, -0.2) is 0 Å². The number of rotatable bonds is 3. The summed E-state index contributed by atoms with van der Waals surface area (Å²) >= 11 is 3.26. The van der Waals surface area contributed by atoms with Gasteiger partial charge in [-0.05, 0) is 29.8 Å². The van der Waals surface area contributed by atoms with Crippen molar-refractivity contribution in [1.82, 2.24) is 10.3 Å². The van der Waals surface area contributed by atoms with Gasteiger partial charge in [-0.15, -0.1) is 0 Å². The predicted octanol–water partition coefficient (Wildman–Crippen LogP) is 2.48. The van der Waals surface area contributed by atoms with E-state index in [0.29, 0.717) is 6.54 Å². The fourth-order valence-electron chi connectivity index (χ4n) is 1.47. The van der Waals surface area contributed by atoms with Crippen molar-refractivity contribution >= 4 is 21.8 Å². The molecule has 18 heavy (non-hydrogen) atoms. The van der Waals surface area contributed by atoms with Crippen molar-refractivity contribution in [3.8, 4) is 5.75 Å². The molecule has 0 unspecified atom stereocenters. The molecule has 0 aliphatic rings. The van der Waals surface area contributed by atoms with Crippen molar-refractivity contribution < 1.29 is 9.90 Å². The van der Waals surface area contributed by atoms with Crippen LogP contribution in [0.5, 0.6) is 5.75 Å². The fraction of sp³-hybridized carbons (Fsp3) is 0.0769. The second kappa shape index (κ2) is 5.64. The number of aromatic hydroxyl groups is 1. The Balaban J connectivity index is 2.06. The number of halogens is 1. The van der Waals surface area contributed by atoms with E-state index in [0.717, 1.165) is 10.0 Å². The van der Waals surface area contributed by atoms with Gasteiger partial charge in [-0.3, -0.25) is 9.78 Å². The standard InChI is InChI=1S/C13H11BrN2O2/c14-10-3-4-12(17)11(6-10)13(18)16-8-9-2-1-5-15-7-9/h1-7,17H,8H2,(H,16,18). The molecule has 2 aromatic rings. The Morgan fingerprint density at radius 2 is 2.22 bits per heavy atom. The number of phenols is 1. The lowest BCUT2D eigenvalue weighted by Crippen LogP contribution is -2.22. The lowest BCUT2D eigenvalue weighted by Gasteiger charge is -2.07. The predicted molar refractivity (Wildman–Crippen MR) is 71.2 cm³/mol. The molecule has 1 aromatic heterocycles. The van der Waals surface area contributed by atoms with E-state index in [2.05, 4.69) is 26.2 Å². The summed E-state index contributed by atoms with van der Waals surface area (Å²) in [5, 5.41) is 12.3. The third-order valence-electron chi connectivity index (χ3n) is 2.38. The fourth-order valence-corrected chi connectivity index (χ4v) is 1.83. The van der Waals surface area contributed by atoms with E-state index in [1.807, 2.05) is 6.07 Å². The molecule has 1 amide bonds. The molecular weight excluding hydrogens is 296 g/mol. The molecule has 0 aliphatic carbocycles. The number of nitrogens with zero attached hydrogens (tertiary/aromatic N) is 1. The van der Waals surface area contributed by atoms with E-state index < -0.39 is 0 Å². The van der Waals surface area contributed by atoms with E-state index >= 15 is 0 Å². The first kappa shape index (κ1) is 12.6. The van der Waals surface area contributed by atoms with Gasteiger partial charge in [0.25, 0.3) is 5.91 Å². The first-order chi connectivity index (χ1) is 8.66. The normalized spacial score (nSPS) is 10.1. The van der Waals surface area contributed by atoms with Gasteiger partial charge in [0.2, 0.25) is 0 Å². The van der Waals surface area contributed by atoms with Crippen LogP contribution in [0, 0.1) is 0 Å². The zero-order valence-corrected chi connectivity index (χ0v) is 11.0. The average Bonchev–Trinajstić information content (AvgIpc) is 2.40. The van der Waals surface area contributed by atoms with Gasteiger partial charge in [0.15, 0.2) is 0 Å². The number of carbonyl (C=O) groups excluding carboxylic acids is 1. The molecular formula is C13H11BrN2O2. The van der Waals surface area contributed by atoms with Gasteiger partial charge in [0, 0.05) is 23.4 Å². The van der Waals surface area contributed by atoms with E-state index in [9.17, 15) is 9.90 Å². The largest absolute Gasteiger partial charge is 0.507 e. The first-order valence-corrected chi connectivity index (χ1v) is 6.12. The van der Waals surface area contributed by atoms with Gasteiger partial charge in [0.1, 0.15) is 5.75 Å². The highest BCUT2D eigenvalue weighted by Gasteiger charge is 2.11. The van der Waals surface area contributed by atoms with E-state index in [1.54, 1.807) is 30.6 Å². The summed E-state index contributed by atoms with van der Waals surface area (Å²) in [6.45, 7) is 0.374. The molecule has 4 nitrogen and oxygen atoms in total. The molecule has 0 atom stereocenters. The van der Waals surface area contributed by atoms with Crippen LogP contribution < -0.4 is 5.32 Å². The second-order valence-corrected chi connectivity index (χ2v) is 4.62. The molecule has 0 fully saturated rings. The maximum atomic E-state index is 11.9. The Kier molecular flexibility index (Phi) is 3.94. The van der Waals surface area contributed by atoms with Gasteiger partial charge in [-0.1, -0.05) is 22.0 Å². The van der Waals surface area contributed by atoms with Crippen molar-refractivity contribution in [1.29, 1.82) is 0 Å². The number of aromatic nitrogens is 1. The minimum absolute atomic E-state index is 0.0399. The Morgan fingerprint density at radius 1 is 1.39 bits per heavy atom. The number of amides is 1. The van der Waals surface area contributed by atoms with Crippen LogP contribution in [0.4, 0.5) is 0 Å². The smallest absolute Gasteiger partial charge is 0.255 e. The quantitative estimate of drug-likeness (QED) is 0.916. The lowest BCUT2D eigenvalue weighted by atomic mass is 10.2. The molecule has 2 N–H and O–H groups in total. The van der Waals surface area contributed by atoms with Crippen LogP contribution in [-0.4, -0.2) is 16.0 Å². The Hall–Kier alpha value is -1.88. The molecule has 0 saturated heterocycles. The van der Waals surface area contributed by atoms with E-state index in [-0.39, 0.29) is 17.2 Å². The highest BCUT2D eigenvalue weighted by molar-refractivity contribution is 9.10. The van der Waals surface area contributed by atoms with Gasteiger partial charge < -0.3 is 10.4 Å². The number of benzene rings is 1. The highest BCUT2D eigenvalue weighted by atomic mass is 79.9. The van der Waals surface area contributed by atoms with Crippen LogP contribution in [0.25, 0.3) is 0 Å². The maximum absolute atomic E-state index is 11.9. The number of phenolic OH excluding ortho intramolecular Hbond substituents is 1. The summed E-state index contributed by atoms with van der Waals surface area (Å²) in [5.74, 6) is -0.362. The molecule has 92 valence electrons. The van der Waals surface area contributed by atoms with Crippen LogP contribution in [0.15, 0.2) is 47.2 Å². The van der Waals surface area contributed by atoms with Gasteiger partial charge in [0.05, 0.1) is 5.56 Å². The number of hydrogen-bond donors (Lipinski definition) is 2. The molecule has 1 aromatic carbocycles. The lowest BCUT2D eigenvalue weighted by molar-refractivity contribution is 0.0948. The number of carbonyl (C=O) groups is 1. The molecule has 2 rings (SSSR count). The van der Waals surface area contributed by atoms with E-state index in [1.165, 1.54) is 6.07 Å². The van der Waals surface area contributed by atoms with Gasteiger partial charge >= 0.3 is 0 Å². The van der Waals surface area contributed by atoms with Crippen LogP contribution in [-0.2, 0) is 6.54 Å². The zero-order valence-electron chi connectivity index (χ0n) is 9.43. The highest BCUT2D eigenvalue weighted by Crippen LogP contribution is 2.21. The molecule has 0 spiro atoms. The van der Waals surface area contributed by atoms with Crippen LogP contribution in [0.1, 0.15) is 15.9 Å².